The molecule has 0 rings (SSSR count). The van der Waals surface area contributed by atoms with E-state index in [0.29, 0.717) is 0 Å². The molecule has 128 valence electrons. The summed E-state index contributed by atoms with van der Waals surface area (Å²) in [5.41, 5.74) is -5.75. The Labute approximate surface area is 121 Å². The highest BCUT2D eigenvalue weighted by molar-refractivity contribution is 7.87. The lowest BCUT2D eigenvalue weighted by Gasteiger charge is -2.37. The van der Waals surface area contributed by atoms with Gasteiger partial charge in [0.05, 0.1) is 6.61 Å². The summed E-state index contributed by atoms with van der Waals surface area (Å²) in [4.78, 5) is 0. The van der Waals surface area contributed by atoms with E-state index in [1.807, 2.05) is 0 Å². The van der Waals surface area contributed by atoms with Crippen LogP contribution in [0.15, 0.2) is 0 Å². The van der Waals surface area contributed by atoms with E-state index in [4.69, 9.17) is 4.43 Å². The van der Waals surface area contributed by atoms with Crippen molar-refractivity contribution in [2.45, 2.75) is 56.9 Å². The summed E-state index contributed by atoms with van der Waals surface area (Å²) in [5.74, 6) is 0. The molecule has 1 atom stereocenters. The minimum Gasteiger partial charge on any atom is -0.414 e. The average molecular weight is 358 g/mol. The van der Waals surface area contributed by atoms with Gasteiger partial charge in [0.2, 0.25) is 0 Å². The van der Waals surface area contributed by atoms with Crippen molar-refractivity contribution in [3.05, 3.63) is 0 Å². The van der Waals surface area contributed by atoms with E-state index in [2.05, 4.69) is 4.18 Å². The lowest BCUT2D eigenvalue weighted by molar-refractivity contribution is -0.0714. The van der Waals surface area contributed by atoms with Crippen molar-refractivity contribution in [2.75, 3.05) is 6.61 Å². The summed E-state index contributed by atoms with van der Waals surface area (Å²) in [6.07, 6.45) is -5.92. The first-order valence-electron chi connectivity index (χ1n) is 5.93. The Morgan fingerprint density at radius 2 is 1.52 bits per heavy atom. The van der Waals surface area contributed by atoms with Crippen LogP contribution in [0.3, 0.4) is 0 Å². The van der Waals surface area contributed by atoms with Crippen molar-refractivity contribution >= 4 is 18.4 Å². The molecular weight excluding hydrogens is 339 g/mol. The van der Waals surface area contributed by atoms with Gasteiger partial charge in [-0.2, -0.15) is 21.6 Å². The monoisotopic (exact) mass is 358 g/mol. The third kappa shape index (κ3) is 5.79. The first-order valence-corrected chi connectivity index (χ1v) is 10.2. The maximum Gasteiger partial charge on any atom is 0.523 e. The zero-order valence-electron chi connectivity index (χ0n) is 12.3. The lowest BCUT2D eigenvalue weighted by Crippen LogP contribution is -2.45. The van der Waals surface area contributed by atoms with E-state index in [1.54, 1.807) is 33.9 Å². The van der Waals surface area contributed by atoms with Gasteiger partial charge >= 0.3 is 15.6 Å². The third-order valence-electron chi connectivity index (χ3n) is 3.23. The van der Waals surface area contributed by atoms with Crippen molar-refractivity contribution < 1.29 is 39.0 Å². The molecule has 11 heteroatoms. The average Bonchev–Trinajstić information content (AvgIpc) is 2.20. The number of rotatable bonds is 6. The van der Waals surface area contributed by atoms with Gasteiger partial charge in [-0.1, -0.05) is 20.8 Å². The molecular formula is C10H19F5O4SSi. The Kier molecular flexibility index (Phi) is 6.38. The molecule has 0 aliphatic heterocycles. The predicted molar refractivity (Wildman–Crippen MR) is 69.0 cm³/mol. The second-order valence-electron chi connectivity index (χ2n) is 5.94. The normalized spacial score (nSPS) is 16.3. The molecule has 21 heavy (non-hydrogen) atoms. The topological polar surface area (TPSA) is 52.6 Å². The molecule has 0 aromatic rings. The molecule has 0 unspecified atom stereocenters. The molecule has 0 heterocycles. The fraction of sp³-hybridized carbons (Fsp3) is 1.00. The van der Waals surface area contributed by atoms with E-state index in [1.165, 1.54) is 0 Å². The highest BCUT2D eigenvalue weighted by atomic mass is 32.2. The van der Waals surface area contributed by atoms with Crippen molar-refractivity contribution in [1.82, 2.24) is 0 Å². The number of hydrogen-bond acceptors (Lipinski definition) is 4. The van der Waals surface area contributed by atoms with E-state index in [9.17, 15) is 30.4 Å². The molecule has 4 nitrogen and oxygen atoms in total. The summed E-state index contributed by atoms with van der Waals surface area (Å²) < 4.78 is 92.1. The van der Waals surface area contributed by atoms with E-state index >= 15 is 0 Å². The standard InChI is InChI=1S/C10H19F5O4SSi/c1-9(2,3)21(4,5)18-6-7(8(11)12)19-20(16,17)10(13,14)15/h7-8H,6H2,1-5H3/t7-/m0/s1. The second kappa shape index (κ2) is 6.47. The summed E-state index contributed by atoms with van der Waals surface area (Å²) in [6.45, 7) is 7.84. The predicted octanol–water partition coefficient (Wildman–Crippen LogP) is 3.51. The van der Waals surface area contributed by atoms with Gasteiger partial charge in [0.1, 0.15) is 0 Å². The Balaban J connectivity index is 4.99. The SMILES string of the molecule is CC(C)(C)[Si](C)(C)OC[C@H](OS(=O)(=O)C(F)(F)F)C(F)F. The van der Waals surface area contributed by atoms with Gasteiger partial charge < -0.3 is 4.43 Å². The smallest absolute Gasteiger partial charge is 0.414 e. The van der Waals surface area contributed by atoms with Crippen LogP contribution in [0, 0.1) is 0 Å². The van der Waals surface area contributed by atoms with Crippen LogP contribution in [-0.4, -0.2) is 41.4 Å². The van der Waals surface area contributed by atoms with Crippen molar-refractivity contribution in [2.24, 2.45) is 0 Å². The van der Waals surface area contributed by atoms with E-state index < -0.39 is 43.1 Å². The highest BCUT2D eigenvalue weighted by Gasteiger charge is 2.50. The Morgan fingerprint density at radius 1 is 1.10 bits per heavy atom. The molecule has 0 aliphatic carbocycles. The summed E-state index contributed by atoms with van der Waals surface area (Å²) in [7, 11) is -8.61. The van der Waals surface area contributed by atoms with E-state index in [-0.39, 0.29) is 5.04 Å². The minimum absolute atomic E-state index is 0.372. The quantitative estimate of drug-likeness (QED) is 0.316. The molecule has 0 spiro atoms. The van der Waals surface area contributed by atoms with E-state index in [0.717, 1.165) is 0 Å². The molecule has 0 saturated heterocycles. The molecule has 0 aliphatic rings. The van der Waals surface area contributed by atoms with Crippen LogP contribution in [0.1, 0.15) is 20.8 Å². The summed E-state index contributed by atoms with van der Waals surface area (Å²) in [6, 6.07) is 0. The molecule has 0 radical (unpaired) electrons. The highest BCUT2D eigenvalue weighted by Crippen LogP contribution is 2.37. The Morgan fingerprint density at radius 3 is 1.81 bits per heavy atom. The van der Waals surface area contributed by atoms with Crippen LogP contribution < -0.4 is 0 Å². The molecule has 0 aromatic carbocycles. The van der Waals surface area contributed by atoms with Gasteiger partial charge in [-0.05, 0) is 18.1 Å². The largest absolute Gasteiger partial charge is 0.523 e. The number of halogens is 5. The van der Waals surface area contributed by atoms with Gasteiger partial charge in [-0.15, -0.1) is 0 Å². The summed E-state index contributed by atoms with van der Waals surface area (Å²) >= 11 is 0. The van der Waals surface area contributed by atoms with Crippen LogP contribution in [0.2, 0.25) is 18.1 Å². The van der Waals surface area contributed by atoms with Gasteiger partial charge in [-0.25, -0.2) is 8.78 Å². The Hall–Kier alpha value is -0.263. The fourth-order valence-electron chi connectivity index (χ4n) is 0.867. The molecule has 0 N–H and O–H groups in total. The maximum atomic E-state index is 12.7. The van der Waals surface area contributed by atoms with Crippen LogP contribution >= 0.6 is 0 Å². The van der Waals surface area contributed by atoms with Crippen molar-refractivity contribution in [3.8, 4) is 0 Å². The molecule has 0 amide bonds. The number of alkyl halides is 5. The van der Waals surface area contributed by atoms with Crippen molar-refractivity contribution in [1.29, 1.82) is 0 Å². The van der Waals surface area contributed by atoms with Crippen molar-refractivity contribution in [3.63, 3.8) is 0 Å². The Bertz CT molecular complexity index is 441. The number of hydrogen-bond donors (Lipinski definition) is 0. The zero-order chi connectivity index (χ0) is 17.3. The molecule has 0 fully saturated rings. The van der Waals surface area contributed by atoms with Gasteiger partial charge in [0.15, 0.2) is 14.4 Å². The zero-order valence-corrected chi connectivity index (χ0v) is 14.1. The molecule has 0 aromatic heterocycles. The van der Waals surface area contributed by atoms with Crippen LogP contribution in [0.5, 0.6) is 0 Å². The fourth-order valence-corrected chi connectivity index (χ4v) is 2.45. The van der Waals surface area contributed by atoms with Gasteiger partial charge in [-0.3, -0.25) is 4.18 Å². The van der Waals surface area contributed by atoms with Crippen LogP contribution in [0.4, 0.5) is 22.0 Å². The molecule has 0 bridgehead atoms. The van der Waals surface area contributed by atoms with Crippen LogP contribution in [0.25, 0.3) is 0 Å². The summed E-state index contributed by atoms with van der Waals surface area (Å²) in [5, 5.41) is -0.372. The minimum atomic E-state index is -6.09. The van der Waals surface area contributed by atoms with Gasteiger partial charge in [0.25, 0.3) is 6.43 Å². The lowest BCUT2D eigenvalue weighted by atomic mass is 10.2. The maximum absolute atomic E-state index is 12.7. The van der Waals surface area contributed by atoms with Crippen LogP contribution in [-0.2, 0) is 18.7 Å². The van der Waals surface area contributed by atoms with Gasteiger partial charge in [0, 0.05) is 0 Å². The first-order chi connectivity index (χ1) is 9.01. The molecule has 0 saturated carbocycles. The third-order valence-corrected chi connectivity index (χ3v) is 8.80. The second-order valence-corrected chi connectivity index (χ2v) is 12.3. The first kappa shape index (κ1) is 20.7.